The van der Waals surface area contributed by atoms with E-state index < -0.39 is 0 Å². The number of aryl methyl sites for hydroxylation is 1. The Morgan fingerprint density at radius 2 is 1.09 bits per heavy atom. The summed E-state index contributed by atoms with van der Waals surface area (Å²) in [6.45, 7) is 10.1. The molecule has 4 heterocycles. The van der Waals surface area contributed by atoms with Crippen molar-refractivity contribution in [3.8, 4) is 50.8 Å². The maximum Gasteiger partial charge on any atom is 0.159 e. The van der Waals surface area contributed by atoms with Gasteiger partial charge in [-0.25, -0.2) is 0 Å². The van der Waals surface area contributed by atoms with Gasteiger partial charge in [-0.05, 0) is 93.0 Å². The maximum absolute atomic E-state index is 11.2. The number of fused-ring (bicyclic) bond motifs is 8. The van der Waals surface area contributed by atoms with Gasteiger partial charge in [0.1, 0.15) is 0 Å². The molecule has 0 amide bonds. The van der Waals surface area contributed by atoms with E-state index in [1.54, 1.807) is 0 Å². The first-order valence-corrected chi connectivity index (χ1v) is 28.7. The van der Waals surface area contributed by atoms with E-state index >= 15 is 0 Å². The maximum atomic E-state index is 11.2. The van der Waals surface area contributed by atoms with Gasteiger partial charge in [0.05, 0.1) is 28.4 Å². The number of pyridine rings is 1. The largest absolute Gasteiger partial charge is 0.512 e. The van der Waals surface area contributed by atoms with Gasteiger partial charge in [0, 0.05) is 111 Å². The monoisotopic (exact) mass is 1490 g/mol. The van der Waals surface area contributed by atoms with Crippen LogP contribution < -0.4 is 0 Å². The van der Waals surface area contributed by atoms with Crippen LogP contribution in [0.2, 0.25) is 0 Å². The Balaban J connectivity index is 0.000000146. The van der Waals surface area contributed by atoms with Crippen LogP contribution in [0.3, 0.4) is 0 Å². The molecule has 0 saturated carbocycles. The number of aliphatic hydroxyl groups is 1. The van der Waals surface area contributed by atoms with E-state index in [9.17, 15) is 9.90 Å². The van der Waals surface area contributed by atoms with Crippen molar-refractivity contribution in [3.63, 3.8) is 0 Å². The van der Waals surface area contributed by atoms with Gasteiger partial charge in [-0.3, -0.25) is 24.7 Å². The van der Waals surface area contributed by atoms with E-state index in [1.807, 2.05) is 131 Å². The summed E-state index contributed by atoms with van der Waals surface area (Å²) in [6.07, 6.45) is 8.20. The fourth-order valence-electron chi connectivity index (χ4n) is 10.5. The molecule has 0 spiro atoms. The third-order valence-electron chi connectivity index (χ3n) is 14.5. The van der Waals surface area contributed by atoms with Gasteiger partial charge in [-0.15, -0.1) is 95.6 Å². The molecule has 1 N–H and O–H groups in total. The summed E-state index contributed by atoms with van der Waals surface area (Å²) in [5, 5.41) is 18.5. The second-order valence-electron chi connectivity index (χ2n) is 21.8. The minimum Gasteiger partial charge on any atom is -0.512 e. The van der Waals surface area contributed by atoms with Crippen molar-refractivity contribution < 1.29 is 50.1 Å². The van der Waals surface area contributed by atoms with Crippen molar-refractivity contribution in [1.29, 1.82) is 0 Å². The van der Waals surface area contributed by atoms with E-state index in [-0.39, 0.29) is 51.8 Å². The Hall–Kier alpha value is -9.14. The van der Waals surface area contributed by atoms with Gasteiger partial charge in [0.15, 0.2) is 5.78 Å². The molecule has 14 rings (SSSR count). The van der Waals surface area contributed by atoms with Crippen LogP contribution >= 0.6 is 0 Å². The molecule has 0 unspecified atom stereocenters. The van der Waals surface area contributed by atoms with Crippen LogP contribution in [0, 0.1) is 37.0 Å². The zero-order valence-electron chi connectivity index (χ0n) is 48.9. The number of allylic oxidation sites excluding steroid dienone is 2. The van der Waals surface area contributed by atoms with E-state index in [2.05, 4.69) is 184 Å². The molecule has 0 aliphatic rings. The van der Waals surface area contributed by atoms with Crippen LogP contribution in [0.4, 0.5) is 0 Å². The number of para-hydroxylation sites is 2. The molecule has 0 saturated heterocycles. The number of nitrogens with zero attached hydrogens (tertiary/aromatic N) is 6. The van der Waals surface area contributed by atoms with Gasteiger partial charge >= 0.3 is 0 Å². The van der Waals surface area contributed by atoms with Crippen molar-refractivity contribution >= 4 is 70.9 Å². The minimum absolute atomic E-state index is 0. The predicted molar refractivity (Wildman–Crippen MR) is 350 cm³/mol. The minimum atomic E-state index is 0. The number of ketones is 1. The average Bonchev–Trinajstić information content (AvgIpc) is 1.87. The van der Waals surface area contributed by atoms with Crippen LogP contribution in [0.5, 0.6) is 0 Å². The average molecular weight is 1490 g/mol. The Morgan fingerprint density at radius 3 is 1.77 bits per heavy atom. The van der Waals surface area contributed by atoms with Crippen LogP contribution in [0.1, 0.15) is 46.1 Å². The van der Waals surface area contributed by atoms with E-state index in [4.69, 9.17) is 9.97 Å². The molecule has 0 atom stereocenters. The van der Waals surface area contributed by atoms with Crippen LogP contribution in [-0.2, 0) is 45.0 Å². The first-order chi connectivity index (χ1) is 41.5. The standard InChI is InChI=1S/C30H18N3.C18H11N2.C18H14N.C11H20O2.2Ir/c1-2-9-23(10-3-1)33-27-13-7-6-12-25(27)26-17-16-21(18-28(26)33)30-31-19-22-15-14-20-8-4-5-11-24(20)29(22)32-30;1-2-6-13(7-3-1)18-19-12-16-10-14-8-4-5-9-15(14)11-17(16)20-18;1-14-12-18(16-10-6-3-7-11-16)19-13-17(14)15-8-4-2-5-9-15;1-8(2)5-10(12)7-11(13)6-9(3)4;;/h1-15,17-19H;1-6,8-12H;2-10,12-13H,1H3;7-9,12H,5-6H2,1-4H3;;/q3*-1;;;. The van der Waals surface area contributed by atoms with E-state index in [1.165, 1.54) is 55.2 Å². The second kappa shape index (κ2) is 29.3. The summed E-state index contributed by atoms with van der Waals surface area (Å²) in [5.41, 5.74) is 12.8. The van der Waals surface area contributed by atoms with E-state index in [0.717, 1.165) is 60.8 Å². The van der Waals surface area contributed by atoms with Crippen LogP contribution in [0.25, 0.3) is 116 Å². The number of benzene rings is 10. The molecule has 10 aromatic carbocycles. The first-order valence-electron chi connectivity index (χ1n) is 28.7. The van der Waals surface area contributed by atoms with E-state index in [0.29, 0.717) is 36.3 Å². The molecule has 0 bridgehead atoms. The summed E-state index contributed by atoms with van der Waals surface area (Å²) >= 11 is 0. The van der Waals surface area contributed by atoms with Crippen molar-refractivity contribution in [2.45, 2.75) is 47.5 Å². The SMILES string of the molecule is CC(C)CC(=O)C=C(O)CC(C)C.Cc1cc(-c2[c-]cccc2)ncc1-c1ccccc1.[Ir].[Ir].[c-]1cc2c3ccccc3n(-c3ccccc3)c2cc1-c1ncc2ccc3ccccc3c2n1.[c-]1ccccc1-c1ncc2cc3ccccc3cc2n1. The van der Waals surface area contributed by atoms with Gasteiger partial charge in [0.25, 0.3) is 0 Å². The molecule has 87 heavy (non-hydrogen) atoms. The molecule has 0 fully saturated rings. The molecular weight excluding hydrogens is 1430 g/mol. The third-order valence-corrected chi connectivity index (χ3v) is 14.5. The summed E-state index contributed by atoms with van der Waals surface area (Å²) in [4.78, 5) is 34.5. The Labute approximate surface area is 535 Å². The molecule has 2 radical (unpaired) electrons. The smallest absolute Gasteiger partial charge is 0.159 e. The first kappa shape index (κ1) is 62.4. The van der Waals surface area contributed by atoms with Crippen molar-refractivity contribution in [3.05, 3.63) is 279 Å². The molecule has 0 aliphatic carbocycles. The summed E-state index contributed by atoms with van der Waals surface area (Å²) in [5.74, 6) is 2.38. The normalized spacial score (nSPS) is 11.1. The van der Waals surface area contributed by atoms with Gasteiger partial charge < -0.3 is 14.7 Å². The van der Waals surface area contributed by atoms with Gasteiger partial charge in [-0.2, -0.15) is 0 Å². The molecule has 8 nitrogen and oxygen atoms in total. The number of hydrogen-bond acceptors (Lipinski definition) is 7. The molecule has 10 heteroatoms. The number of carbonyl (C=O) groups is 1. The van der Waals surface area contributed by atoms with Crippen molar-refractivity contribution in [1.82, 2.24) is 29.5 Å². The fourth-order valence-corrected chi connectivity index (χ4v) is 10.5. The molecule has 0 aliphatic heterocycles. The summed E-state index contributed by atoms with van der Waals surface area (Å²) in [7, 11) is 0. The number of rotatable bonds is 10. The second-order valence-corrected chi connectivity index (χ2v) is 21.8. The van der Waals surface area contributed by atoms with Crippen LogP contribution in [-0.4, -0.2) is 40.4 Å². The molecule has 434 valence electrons. The quantitative estimate of drug-likeness (QED) is 0.0478. The summed E-state index contributed by atoms with van der Waals surface area (Å²) < 4.78 is 2.30. The van der Waals surface area contributed by atoms with Crippen LogP contribution in [0.15, 0.2) is 255 Å². The van der Waals surface area contributed by atoms with Gasteiger partial charge in [0.2, 0.25) is 0 Å². The number of carbonyl (C=O) groups excluding carboxylic acids is 1. The third kappa shape index (κ3) is 15.1. The van der Waals surface area contributed by atoms with Gasteiger partial charge in [-0.1, -0.05) is 167 Å². The zero-order chi connectivity index (χ0) is 58.7. The Morgan fingerprint density at radius 1 is 0.506 bits per heavy atom. The van der Waals surface area contributed by atoms with Crippen molar-refractivity contribution in [2.75, 3.05) is 0 Å². The van der Waals surface area contributed by atoms with Crippen molar-refractivity contribution in [2.24, 2.45) is 11.8 Å². The predicted octanol–water partition coefficient (Wildman–Crippen LogP) is 19.2. The molecule has 14 aromatic rings. The zero-order valence-corrected chi connectivity index (χ0v) is 53.7. The summed E-state index contributed by atoms with van der Waals surface area (Å²) in [6, 6.07) is 86.3. The number of aromatic nitrogens is 6. The topological polar surface area (TPSA) is 107 Å². The fraction of sp³-hybridized carbons (Fsp3) is 0.117. The molecular formula is C77H63Ir2N6O2-3. The number of aliphatic hydroxyl groups excluding tert-OH is 1. The number of hydrogen-bond donors (Lipinski definition) is 1. The molecule has 4 aromatic heterocycles. The Kier molecular flexibility index (Phi) is 21.0. The Bertz CT molecular complexity index is 4650.